The van der Waals surface area contributed by atoms with E-state index in [2.05, 4.69) is 5.32 Å². The van der Waals surface area contributed by atoms with Gasteiger partial charge in [0.25, 0.3) is 0 Å². The van der Waals surface area contributed by atoms with Gasteiger partial charge in [-0.3, -0.25) is 4.79 Å². The SMILES string of the molecule is O=C(Cc1cc(=O)oc2cc(O[C@@H]3O[C@H](CO)[C@H](O)[C@H](O)[C@H]3O)ccc12)NCCOCCO. The van der Waals surface area contributed by atoms with Gasteiger partial charge >= 0.3 is 5.63 Å². The Hall–Kier alpha value is -2.58. The van der Waals surface area contributed by atoms with E-state index in [1.54, 1.807) is 6.07 Å². The molecule has 182 valence electrons. The molecule has 0 aliphatic carbocycles. The smallest absolute Gasteiger partial charge is 0.336 e. The molecule has 2 aromatic rings. The molecule has 6 N–H and O–H groups in total. The number of hydrogen-bond donors (Lipinski definition) is 6. The van der Waals surface area contributed by atoms with Gasteiger partial charge in [-0.25, -0.2) is 4.79 Å². The van der Waals surface area contributed by atoms with Crippen molar-refractivity contribution in [3.8, 4) is 5.75 Å². The number of rotatable bonds is 10. The molecule has 2 heterocycles. The first kappa shape index (κ1) is 25.1. The highest BCUT2D eigenvalue weighted by atomic mass is 16.7. The number of amides is 1. The summed E-state index contributed by atoms with van der Waals surface area (Å²) in [5.41, 5.74) is -0.130. The number of carbonyl (C=O) groups is 1. The molecule has 5 atom stereocenters. The van der Waals surface area contributed by atoms with E-state index >= 15 is 0 Å². The van der Waals surface area contributed by atoms with E-state index in [1.165, 1.54) is 18.2 Å². The number of carbonyl (C=O) groups excluding carboxylic acids is 1. The average Bonchev–Trinajstić information content (AvgIpc) is 2.79. The maximum atomic E-state index is 12.2. The fourth-order valence-electron chi connectivity index (χ4n) is 3.39. The van der Waals surface area contributed by atoms with Crippen LogP contribution in [0, 0.1) is 0 Å². The first-order chi connectivity index (χ1) is 15.8. The zero-order valence-electron chi connectivity index (χ0n) is 17.6. The van der Waals surface area contributed by atoms with Crippen molar-refractivity contribution in [2.45, 2.75) is 37.1 Å². The molecule has 1 saturated heterocycles. The largest absolute Gasteiger partial charge is 0.462 e. The first-order valence-corrected chi connectivity index (χ1v) is 10.3. The van der Waals surface area contributed by atoms with Crippen LogP contribution in [0.25, 0.3) is 11.0 Å². The summed E-state index contributed by atoms with van der Waals surface area (Å²) in [5, 5.41) is 50.9. The standard InChI is InChI=1S/C21H27NO11/c23-4-6-30-5-3-22-16(25)7-11-8-17(26)32-14-9-12(1-2-13(11)14)31-21-20(29)19(28)18(27)15(10-24)33-21/h1-2,8-9,15,18-21,23-24,27-29H,3-7,10H2,(H,22,25)/t15-,18+,19+,20-,21-/m1/s1. The molecular weight excluding hydrogens is 442 g/mol. The first-order valence-electron chi connectivity index (χ1n) is 10.3. The molecule has 1 aliphatic heterocycles. The molecule has 12 heteroatoms. The Balaban J connectivity index is 1.72. The third kappa shape index (κ3) is 6.26. The minimum atomic E-state index is -1.60. The van der Waals surface area contributed by atoms with Gasteiger partial charge in [0.1, 0.15) is 35.7 Å². The molecule has 1 aromatic carbocycles. The molecule has 3 rings (SSSR count). The van der Waals surface area contributed by atoms with Crippen LogP contribution in [0.3, 0.4) is 0 Å². The average molecular weight is 469 g/mol. The van der Waals surface area contributed by atoms with E-state index < -0.39 is 42.9 Å². The second-order valence-electron chi connectivity index (χ2n) is 7.43. The lowest BCUT2D eigenvalue weighted by Crippen LogP contribution is -2.60. The van der Waals surface area contributed by atoms with Gasteiger partial charge in [0, 0.05) is 24.1 Å². The number of ether oxygens (including phenoxy) is 3. The molecule has 0 spiro atoms. The number of nitrogens with one attached hydrogen (secondary N) is 1. The lowest BCUT2D eigenvalue weighted by atomic mass is 9.99. The van der Waals surface area contributed by atoms with Crippen molar-refractivity contribution < 1.29 is 49.0 Å². The van der Waals surface area contributed by atoms with Crippen LogP contribution in [0.5, 0.6) is 5.75 Å². The lowest BCUT2D eigenvalue weighted by molar-refractivity contribution is -0.277. The van der Waals surface area contributed by atoms with Crippen LogP contribution < -0.4 is 15.7 Å². The molecule has 0 saturated carbocycles. The van der Waals surface area contributed by atoms with E-state index in [1.807, 2.05) is 0 Å². The van der Waals surface area contributed by atoms with Crippen LogP contribution in [-0.4, -0.2) is 95.1 Å². The number of hydrogen-bond acceptors (Lipinski definition) is 11. The van der Waals surface area contributed by atoms with Gasteiger partial charge in [0.15, 0.2) is 0 Å². The Kier molecular flexibility index (Phi) is 8.74. The molecule has 0 bridgehead atoms. The highest BCUT2D eigenvalue weighted by Gasteiger charge is 2.44. The van der Waals surface area contributed by atoms with Crippen LogP contribution in [0.15, 0.2) is 33.5 Å². The quantitative estimate of drug-likeness (QED) is 0.161. The number of aliphatic hydroxyl groups excluding tert-OH is 5. The molecule has 0 radical (unpaired) electrons. The summed E-state index contributed by atoms with van der Waals surface area (Å²) in [4.78, 5) is 24.2. The third-order valence-electron chi connectivity index (χ3n) is 5.06. The van der Waals surface area contributed by atoms with Gasteiger partial charge in [-0.15, -0.1) is 0 Å². The van der Waals surface area contributed by atoms with Crippen molar-refractivity contribution in [1.82, 2.24) is 5.32 Å². The summed E-state index contributed by atoms with van der Waals surface area (Å²) >= 11 is 0. The summed E-state index contributed by atoms with van der Waals surface area (Å²) in [6, 6.07) is 5.63. The van der Waals surface area contributed by atoms with Crippen molar-refractivity contribution in [2.24, 2.45) is 0 Å². The summed E-state index contributed by atoms with van der Waals surface area (Å²) < 4.78 is 21.1. The van der Waals surface area contributed by atoms with Gasteiger partial charge in [0.2, 0.25) is 12.2 Å². The van der Waals surface area contributed by atoms with Crippen LogP contribution in [0.4, 0.5) is 0 Å². The van der Waals surface area contributed by atoms with Crippen LogP contribution in [0.2, 0.25) is 0 Å². The summed E-state index contributed by atoms with van der Waals surface area (Å²) in [7, 11) is 0. The topological polar surface area (TPSA) is 188 Å². The van der Waals surface area contributed by atoms with Gasteiger partial charge in [-0.1, -0.05) is 0 Å². The Morgan fingerprint density at radius 3 is 2.58 bits per heavy atom. The molecule has 12 nitrogen and oxygen atoms in total. The Bertz CT molecular complexity index is 992. The third-order valence-corrected chi connectivity index (χ3v) is 5.06. The zero-order valence-corrected chi connectivity index (χ0v) is 17.6. The molecule has 1 aromatic heterocycles. The van der Waals surface area contributed by atoms with E-state index in [-0.39, 0.29) is 50.0 Å². The molecule has 1 fully saturated rings. The van der Waals surface area contributed by atoms with Crippen molar-refractivity contribution in [3.63, 3.8) is 0 Å². The van der Waals surface area contributed by atoms with Crippen molar-refractivity contribution in [1.29, 1.82) is 0 Å². The van der Waals surface area contributed by atoms with Crippen LogP contribution >= 0.6 is 0 Å². The Morgan fingerprint density at radius 1 is 1.06 bits per heavy atom. The maximum absolute atomic E-state index is 12.2. The molecule has 1 aliphatic rings. The number of fused-ring (bicyclic) bond motifs is 1. The number of aliphatic hydroxyl groups is 5. The normalized spacial score (nSPS) is 25.2. The highest BCUT2D eigenvalue weighted by Crippen LogP contribution is 2.27. The lowest BCUT2D eigenvalue weighted by Gasteiger charge is -2.39. The predicted molar refractivity (Wildman–Crippen MR) is 111 cm³/mol. The van der Waals surface area contributed by atoms with Crippen LogP contribution in [-0.2, 0) is 20.7 Å². The maximum Gasteiger partial charge on any atom is 0.336 e. The van der Waals surface area contributed by atoms with Crippen LogP contribution in [0.1, 0.15) is 5.56 Å². The molecule has 33 heavy (non-hydrogen) atoms. The minimum absolute atomic E-state index is 0.0883. The predicted octanol–water partition coefficient (Wildman–Crippen LogP) is -2.36. The molecule has 1 amide bonds. The fourth-order valence-corrected chi connectivity index (χ4v) is 3.39. The van der Waals surface area contributed by atoms with E-state index in [9.17, 15) is 30.0 Å². The van der Waals surface area contributed by atoms with E-state index in [0.717, 1.165) is 0 Å². The number of benzene rings is 1. The van der Waals surface area contributed by atoms with Crippen molar-refractivity contribution in [2.75, 3.05) is 33.0 Å². The highest BCUT2D eigenvalue weighted by molar-refractivity contribution is 5.87. The van der Waals surface area contributed by atoms with Crippen molar-refractivity contribution >= 4 is 16.9 Å². The van der Waals surface area contributed by atoms with Gasteiger partial charge in [0.05, 0.1) is 32.8 Å². The zero-order chi connectivity index (χ0) is 24.0. The fraction of sp³-hybridized carbons (Fsp3) is 0.524. The second kappa shape index (κ2) is 11.5. The summed E-state index contributed by atoms with van der Waals surface area (Å²) in [5.74, 6) is -0.214. The van der Waals surface area contributed by atoms with Gasteiger partial charge in [-0.05, 0) is 17.7 Å². The van der Waals surface area contributed by atoms with Gasteiger partial charge < -0.3 is 49.5 Å². The van der Waals surface area contributed by atoms with E-state index in [4.69, 9.17) is 23.7 Å². The summed E-state index contributed by atoms with van der Waals surface area (Å²) in [6.45, 7) is -0.0517. The van der Waals surface area contributed by atoms with Crippen molar-refractivity contribution in [3.05, 3.63) is 40.2 Å². The Morgan fingerprint density at radius 2 is 1.85 bits per heavy atom. The Labute approximate surface area is 187 Å². The second-order valence-corrected chi connectivity index (χ2v) is 7.43. The molecular formula is C21H27NO11. The van der Waals surface area contributed by atoms with E-state index in [0.29, 0.717) is 10.9 Å². The minimum Gasteiger partial charge on any atom is -0.462 e. The summed E-state index contributed by atoms with van der Waals surface area (Å²) in [6.07, 6.45) is -7.33. The van der Waals surface area contributed by atoms with Gasteiger partial charge in [-0.2, -0.15) is 0 Å². The molecule has 0 unspecified atom stereocenters. The monoisotopic (exact) mass is 469 g/mol.